The first-order valence-electron chi connectivity index (χ1n) is 23.9. The summed E-state index contributed by atoms with van der Waals surface area (Å²) in [5.41, 5.74) is 15.7. The van der Waals surface area contributed by atoms with Crippen LogP contribution in [-0.2, 0) is 30.2 Å². The zero-order valence-corrected chi connectivity index (χ0v) is 42.3. The third-order valence-electron chi connectivity index (χ3n) is 13.7. The van der Waals surface area contributed by atoms with E-state index in [9.17, 15) is 0 Å². The number of pyridine rings is 1. The molecule has 0 radical (unpaired) electrons. The van der Waals surface area contributed by atoms with Crippen LogP contribution in [0.25, 0.3) is 66.5 Å². The number of rotatable bonds is 8. The van der Waals surface area contributed by atoms with Crippen LogP contribution in [0.1, 0.15) is 52.7 Å². The molecular formula is C62H50BN5OPt-2. The molecule has 6 nitrogen and oxygen atoms in total. The van der Waals surface area contributed by atoms with Gasteiger partial charge in [-0.15, -0.1) is 5.39 Å². The minimum absolute atomic E-state index is 0.0223. The van der Waals surface area contributed by atoms with Crippen molar-refractivity contribution >= 4 is 56.8 Å². The first kappa shape index (κ1) is 43.8. The van der Waals surface area contributed by atoms with Gasteiger partial charge in [-0.3, -0.25) is 0 Å². The molecule has 0 N–H and O–H groups in total. The van der Waals surface area contributed by atoms with E-state index in [0.29, 0.717) is 11.6 Å². The predicted octanol–water partition coefficient (Wildman–Crippen LogP) is 14.7. The number of nitrogens with zero attached hydrogens (tertiary/aromatic N) is 5. The molecule has 0 fully saturated rings. The molecule has 1 aliphatic rings. The van der Waals surface area contributed by atoms with Gasteiger partial charge in [-0.05, 0) is 11.5 Å². The second-order valence-corrected chi connectivity index (χ2v) is 21.3. The number of aromatic nitrogens is 4. The van der Waals surface area contributed by atoms with Gasteiger partial charge in [0.05, 0.1) is 0 Å². The van der Waals surface area contributed by atoms with Crippen molar-refractivity contribution in [2.75, 3.05) is 4.81 Å². The van der Waals surface area contributed by atoms with Gasteiger partial charge < -0.3 is 0 Å². The van der Waals surface area contributed by atoms with Crippen molar-refractivity contribution in [3.8, 4) is 45.3 Å². The quantitative estimate of drug-likeness (QED) is 0.112. The van der Waals surface area contributed by atoms with Gasteiger partial charge in [0.25, 0.3) is 0 Å². The number of para-hydroxylation sites is 3. The van der Waals surface area contributed by atoms with Crippen molar-refractivity contribution < 1.29 is 24.1 Å². The molecule has 4 heterocycles. The molecule has 11 aromatic rings. The van der Waals surface area contributed by atoms with E-state index in [4.69, 9.17) is 9.72 Å². The van der Waals surface area contributed by atoms with Crippen LogP contribution in [0.2, 0.25) is 0 Å². The number of hydrogen-bond donors (Lipinski definition) is 0. The van der Waals surface area contributed by atoms with E-state index in [0.717, 1.165) is 54.3 Å². The van der Waals surface area contributed by atoms with E-state index in [-0.39, 0.29) is 17.8 Å². The summed E-state index contributed by atoms with van der Waals surface area (Å²) in [7, 11) is 0. The van der Waals surface area contributed by atoms with Gasteiger partial charge in [0.1, 0.15) is 0 Å². The Kier molecular flexibility index (Phi) is 10.6. The van der Waals surface area contributed by atoms with Crippen molar-refractivity contribution in [1.82, 2.24) is 18.6 Å². The normalized spacial score (nSPS) is 12.7. The zero-order chi connectivity index (χ0) is 47.9. The topological polar surface area (TPSA) is 40.1 Å². The molecule has 8 heteroatoms. The van der Waals surface area contributed by atoms with Crippen molar-refractivity contribution in [3.05, 3.63) is 221 Å². The molecule has 8 aromatic carbocycles. The van der Waals surface area contributed by atoms with Gasteiger partial charge in [0, 0.05) is 5.52 Å². The van der Waals surface area contributed by atoms with Crippen molar-refractivity contribution in [3.63, 3.8) is 0 Å². The van der Waals surface area contributed by atoms with Crippen LogP contribution < -0.4 is 15.0 Å². The third-order valence-corrected chi connectivity index (χ3v) is 14.7. The number of benzene rings is 8. The molecule has 0 saturated carbocycles. The average Bonchev–Trinajstić information content (AvgIpc) is 4.00. The Morgan fingerprint density at radius 1 is 0.557 bits per heavy atom. The van der Waals surface area contributed by atoms with Gasteiger partial charge in [0.15, 0.2) is 0 Å². The molecule has 0 amide bonds. The Labute approximate surface area is 420 Å². The average molecular weight is 1090 g/mol. The Morgan fingerprint density at radius 3 is 1.93 bits per heavy atom. The van der Waals surface area contributed by atoms with E-state index in [2.05, 4.69) is 255 Å². The van der Waals surface area contributed by atoms with E-state index in [1.807, 2.05) is 30.3 Å². The second-order valence-electron chi connectivity index (χ2n) is 20.2. The van der Waals surface area contributed by atoms with Crippen molar-refractivity contribution in [2.24, 2.45) is 0 Å². The molecular weight excluding hydrogens is 1040 g/mol. The molecule has 0 bridgehead atoms. The summed E-state index contributed by atoms with van der Waals surface area (Å²) in [4.78, 5) is 7.52. The number of fused-ring (bicyclic) bond motifs is 4. The maximum atomic E-state index is 6.73. The summed E-state index contributed by atoms with van der Waals surface area (Å²) in [5, 5.41) is 2.43. The Balaban J connectivity index is 0.988. The molecule has 3 aromatic heterocycles. The fraction of sp³-hybridized carbons (Fsp3) is 0.129. The van der Waals surface area contributed by atoms with Gasteiger partial charge in [-0.25, -0.2) is 0 Å². The number of ether oxygens (including phenoxy) is 1. The Morgan fingerprint density at radius 2 is 1.19 bits per heavy atom. The van der Waals surface area contributed by atoms with Crippen molar-refractivity contribution in [2.45, 2.75) is 52.4 Å². The van der Waals surface area contributed by atoms with Crippen LogP contribution in [0.15, 0.2) is 194 Å². The van der Waals surface area contributed by atoms with Gasteiger partial charge in [0.2, 0.25) is 0 Å². The molecule has 1 aliphatic heterocycles. The molecule has 0 saturated heterocycles. The van der Waals surface area contributed by atoms with Gasteiger partial charge in [-0.1, -0.05) is 48.5 Å². The van der Waals surface area contributed by atoms with Crippen LogP contribution in [0.4, 0.5) is 11.5 Å². The monoisotopic (exact) mass is 1090 g/mol. The predicted molar refractivity (Wildman–Crippen MR) is 285 cm³/mol. The van der Waals surface area contributed by atoms with E-state index in [1.54, 1.807) is 0 Å². The summed E-state index contributed by atoms with van der Waals surface area (Å²) in [5.74, 6) is 1.80. The molecule has 0 aliphatic carbocycles. The number of imidazole rings is 1. The Bertz CT molecular complexity index is 3880. The molecule has 344 valence electrons. The van der Waals surface area contributed by atoms with Crippen LogP contribution in [0.3, 0.4) is 0 Å². The SMILES string of the molecule is CC(C)(C)c1cccc(-c2cc(C(C)(C)C)cc(-c3ccccc3)c2-n2[c](=[Pt])n(-c3[c-]c(Oc4cccc(N5B(c6ccccc6)n6c7ccccc7c7cc[c-]c5c76)n4)ccc3)c3ccccc32)c1. The molecule has 70 heavy (non-hydrogen) atoms. The summed E-state index contributed by atoms with van der Waals surface area (Å²) < 4.78 is 14.9. The van der Waals surface area contributed by atoms with Crippen molar-refractivity contribution in [1.29, 1.82) is 0 Å². The van der Waals surface area contributed by atoms with Crippen LogP contribution >= 0.6 is 0 Å². The molecule has 0 unspecified atom stereocenters. The minimum atomic E-state index is -0.180. The summed E-state index contributed by atoms with van der Waals surface area (Å²) >= 11 is 2.51. The van der Waals surface area contributed by atoms with E-state index in [1.165, 1.54) is 44.1 Å². The van der Waals surface area contributed by atoms with E-state index >= 15 is 0 Å². The molecule has 0 atom stereocenters. The first-order valence-corrected chi connectivity index (χ1v) is 25.0. The number of hydrogen-bond acceptors (Lipinski definition) is 3. The third kappa shape index (κ3) is 7.38. The molecule has 0 spiro atoms. The van der Waals surface area contributed by atoms with Crippen LogP contribution in [0.5, 0.6) is 11.6 Å². The molecule has 12 rings (SSSR count). The summed E-state index contributed by atoms with van der Waals surface area (Å²) in [6.45, 7) is 13.6. The fourth-order valence-corrected chi connectivity index (χ4v) is 11.3. The maximum absolute atomic E-state index is 6.73. The van der Waals surface area contributed by atoms with Crippen LogP contribution in [0, 0.1) is 15.9 Å². The van der Waals surface area contributed by atoms with E-state index < -0.39 is 0 Å². The summed E-state index contributed by atoms with van der Waals surface area (Å²) in [6.07, 6.45) is 0. The van der Waals surface area contributed by atoms with Gasteiger partial charge in [-0.2, -0.15) is 12.1 Å². The fourth-order valence-electron chi connectivity index (χ4n) is 10.2. The number of anilines is 2. The summed E-state index contributed by atoms with van der Waals surface area (Å²) in [6, 6.07) is 76.3. The zero-order valence-electron chi connectivity index (χ0n) is 40.0. The Hall–Kier alpha value is -7.47. The standard InChI is InChI=1S/C62H50BN5O.Pt/c1-61(2,3)44-24-17-23-43(37-44)52-39-45(62(4,5)6)38-51(42-21-9-7-10-22-42)59(52)66-41-65(54-32-15-16-33-55(54)66)47-27-18-28-48(40-47)69-58-36-20-35-57(64-58)67-56-34-19-30-50-49-29-13-14-31-53(49)68(60(50)56)63(67)46-25-11-8-12-26-46;/h7-33,35-39H,1-6H3;/q-2;. The first-order chi connectivity index (χ1) is 33.9. The second kappa shape index (κ2) is 16.9. The van der Waals surface area contributed by atoms with Gasteiger partial charge >= 0.3 is 340 Å². The van der Waals surface area contributed by atoms with Crippen LogP contribution in [-0.4, -0.2) is 25.6 Å².